The summed E-state index contributed by atoms with van der Waals surface area (Å²) in [5, 5.41) is 15.9. The van der Waals surface area contributed by atoms with Gasteiger partial charge in [0.05, 0.1) is 6.10 Å². The molecule has 0 heterocycles. The second-order valence-corrected chi connectivity index (χ2v) is 5.80. The van der Waals surface area contributed by atoms with Crippen LogP contribution >= 0.6 is 0 Å². The Balaban J connectivity index is 1.76. The quantitative estimate of drug-likeness (QED) is 0.782. The van der Waals surface area contributed by atoms with E-state index in [0.717, 1.165) is 12.8 Å². The molecule has 1 fully saturated rings. The Kier molecular flexibility index (Phi) is 5.56. The predicted molar refractivity (Wildman–Crippen MR) is 79.4 cm³/mol. The van der Waals surface area contributed by atoms with Crippen LogP contribution in [-0.4, -0.2) is 23.2 Å². The van der Waals surface area contributed by atoms with Crippen LogP contribution in [0, 0.1) is 5.82 Å². The van der Waals surface area contributed by atoms with E-state index < -0.39 is 6.10 Å². The minimum absolute atomic E-state index is 0.161. The van der Waals surface area contributed by atoms with Gasteiger partial charge in [-0.2, -0.15) is 0 Å². The zero-order chi connectivity index (χ0) is 15.2. The summed E-state index contributed by atoms with van der Waals surface area (Å²) in [6.45, 7) is 1.85. The van der Waals surface area contributed by atoms with E-state index in [2.05, 4.69) is 10.6 Å². The van der Waals surface area contributed by atoms with Gasteiger partial charge in [0.15, 0.2) is 0 Å². The second kappa shape index (κ2) is 7.41. The van der Waals surface area contributed by atoms with Gasteiger partial charge >= 0.3 is 6.03 Å². The summed E-state index contributed by atoms with van der Waals surface area (Å²) < 4.78 is 12.8. The maximum Gasteiger partial charge on any atom is 0.315 e. The molecule has 2 unspecified atom stereocenters. The van der Waals surface area contributed by atoms with E-state index in [9.17, 15) is 14.3 Å². The number of aliphatic hydroxyl groups excluding tert-OH is 1. The Morgan fingerprint density at radius 2 is 1.95 bits per heavy atom. The number of rotatable bonds is 5. The first-order valence-electron chi connectivity index (χ1n) is 7.55. The van der Waals surface area contributed by atoms with Crippen LogP contribution in [0.3, 0.4) is 0 Å². The van der Waals surface area contributed by atoms with Crippen LogP contribution in [-0.2, 0) is 0 Å². The summed E-state index contributed by atoms with van der Waals surface area (Å²) in [6, 6.07) is 5.70. The first kappa shape index (κ1) is 15.8. The van der Waals surface area contributed by atoms with Crippen LogP contribution in [0.2, 0.25) is 0 Å². The lowest BCUT2D eigenvalue weighted by atomic mass is 10.0. The summed E-state index contributed by atoms with van der Waals surface area (Å²) in [4.78, 5) is 11.8. The number of amides is 2. The molecule has 0 aromatic heterocycles. The lowest BCUT2D eigenvalue weighted by Gasteiger charge is -2.20. The maximum atomic E-state index is 12.8. The average Bonchev–Trinajstić information content (AvgIpc) is 2.91. The molecule has 1 saturated carbocycles. The fraction of sp³-hybridized carbons (Fsp3) is 0.562. The highest BCUT2D eigenvalue weighted by atomic mass is 19.1. The fourth-order valence-electron chi connectivity index (χ4n) is 2.74. The summed E-state index contributed by atoms with van der Waals surface area (Å²) in [5.41, 5.74) is 0.654. The van der Waals surface area contributed by atoms with Gasteiger partial charge in [-0.05, 0) is 43.9 Å². The van der Waals surface area contributed by atoms with Crippen molar-refractivity contribution in [2.24, 2.45) is 0 Å². The van der Waals surface area contributed by atoms with Crippen molar-refractivity contribution >= 4 is 6.03 Å². The Morgan fingerprint density at radius 3 is 2.57 bits per heavy atom. The Hall–Kier alpha value is -1.62. The normalized spacial score (nSPS) is 18.2. The lowest BCUT2D eigenvalue weighted by molar-refractivity contribution is 0.154. The van der Waals surface area contributed by atoms with Crippen molar-refractivity contribution in [1.29, 1.82) is 0 Å². The average molecular weight is 294 g/mol. The van der Waals surface area contributed by atoms with Crippen LogP contribution in [0.4, 0.5) is 9.18 Å². The Labute approximate surface area is 124 Å². The molecule has 2 rings (SSSR count). The van der Waals surface area contributed by atoms with Gasteiger partial charge in [0.25, 0.3) is 0 Å². The second-order valence-electron chi connectivity index (χ2n) is 5.80. The third kappa shape index (κ3) is 5.01. The van der Waals surface area contributed by atoms with Crippen LogP contribution in [0.1, 0.15) is 50.7 Å². The molecule has 2 atom stereocenters. The summed E-state index contributed by atoms with van der Waals surface area (Å²) in [5.74, 6) is -0.326. The smallest absolute Gasteiger partial charge is 0.315 e. The largest absolute Gasteiger partial charge is 0.388 e. The highest BCUT2D eigenvalue weighted by molar-refractivity contribution is 5.74. The van der Waals surface area contributed by atoms with Crippen LogP contribution in [0.5, 0.6) is 0 Å². The zero-order valence-corrected chi connectivity index (χ0v) is 12.3. The molecule has 1 aliphatic carbocycles. The number of nitrogens with one attached hydrogen (secondary N) is 2. The van der Waals surface area contributed by atoms with Crippen molar-refractivity contribution < 1.29 is 14.3 Å². The first-order chi connectivity index (χ1) is 10.0. The van der Waals surface area contributed by atoms with Gasteiger partial charge in [0, 0.05) is 12.1 Å². The highest BCUT2D eigenvalue weighted by Gasteiger charge is 2.19. The number of carbonyl (C=O) groups excluding carboxylic acids is 1. The SMILES string of the molecule is CC(CC(O)c1ccc(F)cc1)NC(=O)NC1CCCC1. The van der Waals surface area contributed by atoms with E-state index in [-0.39, 0.29) is 23.9 Å². The molecule has 1 aromatic carbocycles. The number of hydrogen-bond acceptors (Lipinski definition) is 2. The molecular formula is C16H23FN2O2. The lowest BCUT2D eigenvalue weighted by Crippen LogP contribution is -2.44. The number of aliphatic hydroxyl groups is 1. The Morgan fingerprint density at radius 1 is 1.33 bits per heavy atom. The van der Waals surface area contributed by atoms with Crippen LogP contribution < -0.4 is 10.6 Å². The maximum absolute atomic E-state index is 12.8. The molecule has 0 radical (unpaired) electrons. The predicted octanol–water partition coefficient (Wildman–Crippen LogP) is 2.88. The molecule has 0 saturated heterocycles. The van der Waals surface area contributed by atoms with E-state index in [1.54, 1.807) is 12.1 Å². The molecule has 1 aromatic rings. The number of benzene rings is 1. The Bertz CT molecular complexity index is 458. The van der Waals surface area contributed by atoms with Crippen molar-refractivity contribution in [2.45, 2.75) is 57.2 Å². The van der Waals surface area contributed by atoms with E-state index in [0.29, 0.717) is 12.0 Å². The zero-order valence-electron chi connectivity index (χ0n) is 12.3. The molecule has 116 valence electrons. The van der Waals surface area contributed by atoms with Crippen LogP contribution in [0.25, 0.3) is 0 Å². The molecule has 3 N–H and O–H groups in total. The third-order valence-electron chi connectivity index (χ3n) is 3.90. The van der Waals surface area contributed by atoms with Gasteiger partial charge in [-0.3, -0.25) is 0 Å². The molecule has 1 aliphatic rings. The van der Waals surface area contributed by atoms with E-state index >= 15 is 0 Å². The first-order valence-corrected chi connectivity index (χ1v) is 7.55. The standard InChI is InChI=1S/C16H23FN2O2/c1-11(18-16(21)19-14-4-2-3-5-14)10-15(20)12-6-8-13(17)9-7-12/h6-9,11,14-15,20H,2-5,10H2,1H3,(H2,18,19,21). The fourth-order valence-corrected chi connectivity index (χ4v) is 2.74. The number of urea groups is 1. The van der Waals surface area contributed by atoms with Crippen LogP contribution in [0.15, 0.2) is 24.3 Å². The number of carbonyl (C=O) groups is 1. The topological polar surface area (TPSA) is 61.4 Å². The van der Waals surface area contributed by atoms with E-state index in [1.165, 1.54) is 25.0 Å². The van der Waals surface area contributed by atoms with E-state index in [4.69, 9.17) is 0 Å². The van der Waals surface area contributed by atoms with E-state index in [1.807, 2.05) is 6.92 Å². The minimum Gasteiger partial charge on any atom is -0.388 e. The molecule has 0 spiro atoms. The molecule has 2 amide bonds. The summed E-state index contributed by atoms with van der Waals surface area (Å²) in [6.07, 6.45) is 4.10. The number of halogens is 1. The molecule has 21 heavy (non-hydrogen) atoms. The molecule has 0 bridgehead atoms. The minimum atomic E-state index is -0.715. The monoisotopic (exact) mass is 294 g/mol. The van der Waals surface area contributed by atoms with Crippen molar-refractivity contribution in [3.05, 3.63) is 35.6 Å². The summed E-state index contributed by atoms with van der Waals surface area (Å²) >= 11 is 0. The van der Waals surface area contributed by atoms with Crippen molar-refractivity contribution in [3.63, 3.8) is 0 Å². The molecular weight excluding hydrogens is 271 g/mol. The van der Waals surface area contributed by atoms with Gasteiger partial charge in [0.2, 0.25) is 0 Å². The highest BCUT2D eigenvalue weighted by Crippen LogP contribution is 2.19. The third-order valence-corrected chi connectivity index (χ3v) is 3.90. The van der Waals surface area contributed by atoms with Gasteiger partial charge in [-0.15, -0.1) is 0 Å². The molecule has 5 heteroatoms. The summed E-state index contributed by atoms with van der Waals surface area (Å²) in [7, 11) is 0. The van der Waals surface area contributed by atoms with Gasteiger partial charge < -0.3 is 15.7 Å². The van der Waals surface area contributed by atoms with Gasteiger partial charge in [-0.1, -0.05) is 25.0 Å². The van der Waals surface area contributed by atoms with Crippen molar-refractivity contribution in [3.8, 4) is 0 Å². The molecule has 0 aliphatic heterocycles. The van der Waals surface area contributed by atoms with Gasteiger partial charge in [-0.25, -0.2) is 9.18 Å². The van der Waals surface area contributed by atoms with Crippen molar-refractivity contribution in [1.82, 2.24) is 10.6 Å². The van der Waals surface area contributed by atoms with Crippen molar-refractivity contribution in [2.75, 3.05) is 0 Å². The van der Waals surface area contributed by atoms with Gasteiger partial charge in [0.1, 0.15) is 5.82 Å². The molecule has 4 nitrogen and oxygen atoms in total. The number of hydrogen-bond donors (Lipinski definition) is 3.